The van der Waals surface area contributed by atoms with E-state index in [4.69, 9.17) is 0 Å². The van der Waals surface area contributed by atoms with Gasteiger partial charge in [-0.25, -0.2) is 9.67 Å². The highest BCUT2D eigenvalue weighted by molar-refractivity contribution is 7.09. The van der Waals surface area contributed by atoms with Gasteiger partial charge in [0.25, 0.3) is 0 Å². The number of piperidine rings is 1. The zero-order valence-electron chi connectivity index (χ0n) is 14.2. The number of aromatic nitrogens is 5. The first-order chi connectivity index (χ1) is 10.9. The average molecular weight is 332 g/mol. The summed E-state index contributed by atoms with van der Waals surface area (Å²) in [6, 6.07) is 1.59. The van der Waals surface area contributed by atoms with Crippen molar-refractivity contribution < 1.29 is 0 Å². The molecular formula is C16H24N6S. The third-order valence-corrected chi connectivity index (χ3v) is 5.92. The molecule has 7 heteroatoms. The Balaban J connectivity index is 1.54. The summed E-state index contributed by atoms with van der Waals surface area (Å²) >= 11 is 1.54. The van der Waals surface area contributed by atoms with Gasteiger partial charge in [-0.2, -0.15) is 4.37 Å². The van der Waals surface area contributed by atoms with E-state index in [0.29, 0.717) is 18.1 Å². The highest BCUT2D eigenvalue weighted by Gasteiger charge is 2.43. The molecule has 0 spiro atoms. The van der Waals surface area contributed by atoms with Crippen LogP contribution >= 0.6 is 11.5 Å². The number of fused-ring (bicyclic) bond motifs is 2. The van der Waals surface area contributed by atoms with Crippen molar-refractivity contribution in [1.82, 2.24) is 24.4 Å². The van der Waals surface area contributed by atoms with Crippen molar-refractivity contribution in [3.8, 4) is 0 Å². The van der Waals surface area contributed by atoms with Gasteiger partial charge in [-0.15, -0.1) is 5.10 Å². The first-order valence-electron chi connectivity index (χ1n) is 8.43. The van der Waals surface area contributed by atoms with E-state index in [2.05, 4.69) is 56.2 Å². The van der Waals surface area contributed by atoms with Gasteiger partial charge >= 0.3 is 0 Å². The van der Waals surface area contributed by atoms with Crippen molar-refractivity contribution in [2.45, 2.75) is 76.9 Å². The Bertz CT molecular complexity index is 685. The molecule has 4 rings (SSSR count). The normalized spacial score (nSPS) is 27.7. The molecule has 0 aliphatic carbocycles. The molecule has 2 aliphatic heterocycles. The summed E-state index contributed by atoms with van der Waals surface area (Å²) in [7, 11) is 0. The second-order valence-corrected chi connectivity index (χ2v) is 8.61. The van der Waals surface area contributed by atoms with E-state index >= 15 is 0 Å². The number of hydrogen-bond acceptors (Lipinski definition) is 6. The lowest BCUT2D eigenvalue weighted by atomic mass is 9.93. The molecule has 0 radical (unpaired) electrons. The van der Waals surface area contributed by atoms with Crippen LogP contribution in [-0.4, -0.2) is 36.4 Å². The lowest BCUT2D eigenvalue weighted by Crippen LogP contribution is -2.43. The molecule has 2 aromatic heterocycles. The lowest BCUT2D eigenvalue weighted by molar-refractivity contribution is 0.310. The maximum atomic E-state index is 4.61. The second-order valence-electron chi connectivity index (χ2n) is 7.88. The van der Waals surface area contributed by atoms with Crippen LogP contribution in [0.1, 0.15) is 64.0 Å². The van der Waals surface area contributed by atoms with Gasteiger partial charge in [0.05, 0.1) is 11.7 Å². The van der Waals surface area contributed by atoms with E-state index < -0.39 is 0 Å². The first-order valence-corrected chi connectivity index (χ1v) is 9.20. The number of hydrogen-bond donors (Lipinski definition) is 0. The summed E-state index contributed by atoms with van der Waals surface area (Å²) in [5, 5.41) is 9.92. The highest BCUT2D eigenvalue weighted by atomic mass is 32.1. The van der Waals surface area contributed by atoms with Crippen molar-refractivity contribution in [3.63, 3.8) is 0 Å². The van der Waals surface area contributed by atoms with Crippen LogP contribution in [0.5, 0.6) is 0 Å². The fourth-order valence-electron chi connectivity index (χ4n) is 3.87. The van der Waals surface area contributed by atoms with Gasteiger partial charge in [-0.1, -0.05) is 26.0 Å². The van der Waals surface area contributed by atoms with Crippen molar-refractivity contribution in [2.75, 3.05) is 4.90 Å². The van der Waals surface area contributed by atoms with Crippen LogP contribution in [0.25, 0.3) is 0 Å². The maximum Gasteiger partial charge on any atom is 0.205 e. The topological polar surface area (TPSA) is 59.7 Å². The van der Waals surface area contributed by atoms with Crippen LogP contribution < -0.4 is 4.90 Å². The minimum atomic E-state index is 0.0576. The summed E-state index contributed by atoms with van der Waals surface area (Å²) in [5.41, 5.74) is 1.13. The Morgan fingerprint density at radius 1 is 1.13 bits per heavy atom. The van der Waals surface area contributed by atoms with Gasteiger partial charge in [0.15, 0.2) is 0 Å². The van der Waals surface area contributed by atoms with Crippen LogP contribution in [-0.2, 0) is 5.41 Å². The van der Waals surface area contributed by atoms with Crippen LogP contribution in [0.3, 0.4) is 0 Å². The second kappa shape index (κ2) is 5.26. The molecule has 2 fully saturated rings. The molecule has 23 heavy (non-hydrogen) atoms. The smallest absolute Gasteiger partial charge is 0.205 e. The van der Waals surface area contributed by atoms with Crippen LogP contribution in [0.4, 0.5) is 5.13 Å². The lowest BCUT2D eigenvalue weighted by Gasteiger charge is -2.38. The molecule has 2 bridgehead atoms. The average Bonchev–Trinajstić information content (AvgIpc) is 3.16. The monoisotopic (exact) mass is 332 g/mol. The van der Waals surface area contributed by atoms with Gasteiger partial charge in [0.2, 0.25) is 5.13 Å². The summed E-state index contributed by atoms with van der Waals surface area (Å²) in [4.78, 5) is 7.12. The maximum absolute atomic E-state index is 4.61. The van der Waals surface area contributed by atoms with Gasteiger partial charge < -0.3 is 4.90 Å². The van der Waals surface area contributed by atoms with Crippen molar-refractivity contribution >= 4 is 16.7 Å². The van der Waals surface area contributed by atoms with Gasteiger partial charge in [-0.3, -0.25) is 0 Å². The summed E-state index contributed by atoms with van der Waals surface area (Å²) in [6.45, 7) is 8.53. The predicted octanol–water partition coefficient (Wildman–Crippen LogP) is 3.11. The minimum absolute atomic E-state index is 0.0576. The van der Waals surface area contributed by atoms with Crippen LogP contribution in [0.15, 0.2) is 6.20 Å². The van der Waals surface area contributed by atoms with E-state index in [-0.39, 0.29) is 5.41 Å². The predicted molar refractivity (Wildman–Crippen MR) is 90.9 cm³/mol. The van der Waals surface area contributed by atoms with Crippen LogP contribution in [0.2, 0.25) is 0 Å². The third-order valence-electron chi connectivity index (χ3n) is 5.10. The minimum Gasteiger partial charge on any atom is -0.341 e. The molecular weight excluding hydrogens is 308 g/mol. The molecule has 2 unspecified atom stereocenters. The van der Waals surface area contributed by atoms with E-state index in [1.165, 1.54) is 24.4 Å². The summed E-state index contributed by atoms with van der Waals surface area (Å²) in [5.74, 6) is 0.887. The Morgan fingerprint density at radius 3 is 2.35 bits per heavy atom. The Hall–Kier alpha value is -1.50. The van der Waals surface area contributed by atoms with Gasteiger partial charge in [0.1, 0.15) is 5.82 Å². The van der Waals surface area contributed by atoms with Crippen LogP contribution in [0, 0.1) is 6.92 Å². The van der Waals surface area contributed by atoms with Crippen molar-refractivity contribution in [1.29, 1.82) is 0 Å². The molecule has 0 N–H and O–H groups in total. The zero-order valence-corrected chi connectivity index (χ0v) is 15.0. The van der Waals surface area contributed by atoms with E-state index in [1.54, 1.807) is 0 Å². The number of rotatable bonds is 2. The molecule has 0 saturated carbocycles. The first kappa shape index (κ1) is 15.1. The zero-order chi connectivity index (χ0) is 16.2. The van der Waals surface area contributed by atoms with Gasteiger partial charge in [-0.05, 0) is 32.6 Å². The fourth-order valence-corrected chi connectivity index (χ4v) is 4.69. The standard InChI is InChI=1S/C16H24N6S/c1-10-17-15(23-19-10)22-11-5-6-12(22)8-13(7-11)21-9-14(18-20-21)16(2,3)4/h9,11-13H,5-8H2,1-4H3. The Labute approximate surface area is 141 Å². The number of aryl methyl sites for hydroxylation is 1. The Morgan fingerprint density at radius 2 is 1.83 bits per heavy atom. The van der Waals surface area contributed by atoms with E-state index in [1.807, 2.05) is 6.92 Å². The molecule has 6 nitrogen and oxygen atoms in total. The molecule has 2 aromatic rings. The molecule has 124 valence electrons. The molecule has 2 aliphatic rings. The molecule has 2 atom stereocenters. The highest BCUT2D eigenvalue weighted by Crippen LogP contribution is 2.43. The van der Waals surface area contributed by atoms with E-state index in [0.717, 1.165) is 29.5 Å². The summed E-state index contributed by atoms with van der Waals surface area (Å²) in [6.07, 6.45) is 6.90. The largest absolute Gasteiger partial charge is 0.341 e. The van der Waals surface area contributed by atoms with E-state index in [9.17, 15) is 0 Å². The number of anilines is 1. The SMILES string of the molecule is Cc1nsc(N2C3CCC2CC(n2cc(C(C)(C)C)nn2)C3)n1. The Kier molecular flexibility index (Phi) is 3.44. The quantitative estimate of drug-likeness (QED) is 0.846. The molecule has 2 saturated heterocycles. The molecule has 4 heterocycles. The molecule has 0 amide bonds. The number of nitrogens with zero attached hydrogens (tertiary/aromatic N) is 6. The van der Waals surface area contributed by atoms with Crippen molar-refractivity contribution in [2.24, 2.45) is 0 Å². The van der Waals surface area contributed by atoms with Gasteiger partial charge in [0, 0.05) is 35.2 Å². The molecule has 0 aromatic carbocycles. The third kappa shape index (κ3) is 2.65. The van der Waals surface area contributed by atoms with Crippen molar-refractivity contribution in [3.05, 3.63) is 17.7 Å². The summed E-state index contributed by atoms with van der Waals surface area (Å²) < 4.78 is 6.46. The fraction of sp³-hybridized carbons (Fsp3) is 0.750.